The highest BCUT2D eigenvalue weighted by atomic mass is 16.5. The van der Waals surface area contributed by atoms with Crippen molar-refractivity contribution < 1.29 is 14.2 Å². The molecule has 0 spiro atoms. The molecule has 0 fully saturated rings. The Balaban J connectivity index is 2.14. The van der Waals surface area contributed by atoms with Gasteiger partial charge in [-0.25, -0.2) is 0 Å². The van der Waals surface area contributed by atoms with E-state index in [1.165, 1.54) is 0 Å². The van der Waals surface area contributed by atoms with Crippen molar-refractivity contribution in [2.24, 2.45) is 0 Å². The molecule has 0 radical (unpaired) electrons. The molecular weight excluding hydrogens is 336 g/mol. The zero-order chi connectivity index (χ0) is 19.1. The van der Waals surface area contributed by atoms with Gasteiger partial charge in [-0.2, -0.15) is 0 Å². The second-order valence-electron chi connectivity index (χ2n) is 5.96. The first kappa shape index (κ1) is 18.6. The molecule has 0 N–H and O–H groups in total. The van der Waals surface area contributed by atoms with Crippen molar-refractivity contribution in [3.8, 4) is 23.3 Å². The number of methoxy groups -OCH3 is 3. The van der Waals surface area contributed by atoms with Gasteiger partial charge in [0, 0.05) is 23.8 Å². The van der Waals surface area contributed by atoms with Crippen molar-refractivity contribution >= 4 is 0 Å². The Morgan fingerprint density at radius 1 is 0.630 bits per heavy atom. The molecule has 0 aromatic heterocycles. The van der Waals surface area contributed by atoms with Crippen molar-refractivity contribution in [2.75, 3.05) is 21.3 Å². The molecule has 0 amide bonds. The van der Waals surface area contributed by atoms with Crippen LogP contribution in [0.25, 0.3) is 0 Å². The molecule has 0 atom stereocenters. The molecule has 3 rings (SSSR count). The van der Waals surface area contributed by atoms with Gasteiger partial charge in [0.25, 0.3) is 0 Å². The van der Waals surface area contributed by atoms with E-state index < -0.39 is 5.60 Å². The first-order valence-electron chi connectivity index (χ1n) is 8.64. The Bertz CT molecular complexity index is 870. The number of hydrogen-bond acceptors (Lipinski definition) is 3. The summed E-state index contributed by atoms with van der Waals surface area (Å²) < 4.78 is 16.6. The van der Waals surface area contributed by atoms with E-state index in [0.29, 0.717) is 0 Å². The van der Waals surface area contributed by atoms with Crippen molar-refractivity contribution in [1.82, 2.24) is 0 Å². The van der Waals surface area contributed by atoms with Crippen LogP contribution >= 0.6 is 0 Å². The minimum absolute atomic E-state index is 0.787. The largest absolute Gasteiger partial charge is 0.497 e. The summed E-state index contributed by atoms with van der Waals surface area (Å²) in [6, 6.07) is 25.4. The number of benzene rings is 3. The van der Waals surface area contributed by atoms with Crippen LogP contribution < -0.4 is 9.47 Å². The van der Waals surface area contributed by atoms with E-state index in [0.717, 1.165) is 28.2 Å². The average molecular weight is 358 g/mol. The molecule has 0 saturated heterocycles. The molecule has 3 heteroatoms. The molecule has 0 aliphatic carbocycles. The molecule has 27 heavy (non-hydrogen) atoms. The van der Waals surface area contributed by atoms with Crippen molar-refractivity contribution in [2.45, 2.75) is 5.60 Å². The minimum atomic E-state index is -0.908. The summed E-state index contributed by atoms with van der Waals surface area (Å²) in [5, 5.41) is 0. The van der Waals surface area contributed by atoms with Gasteiger partial charge in [-0.15, -0.1) is 0 Å². The maximum atomic E-state index is 6.02. The smallest absolute Gasteiger partial charge is 0.179 e. The standard InChI is InChI=1S/C24H22O3/c1-25-22-13-9-20(10-14-22)24(27-3,18-17-19-7-5-4-6-8-19)21-11-15-23(26-2)16-12-21/h4-16H,1-3H3. The van der Waals surface area contributed by atoms with E-state index in [2.05, 4.69) is 11.8 Å². The Hall–Kier alpha value is -3.22. The van der Waals surface area contributed by atoms with Gasteiger partial charge < -0.3 is 14.2 Å². The first-order valence-corrected chi connectivity index (χ1v) is 8.64. The summed E-state index contributed by atoms with van der Waals surface area (Å²) in [6.07, 6.45) is 0. The van der Waals surface area contributed by atoms with Gasteiger partial charge in [0.15, 0.2) is 5.60 Å². The predicted molar refractivity (Wildman–Crippen MR) is 107 cm³/mol. The van der Waals surface area contributed by atoms with Crippen LogP contribution in [0.1, 0.15) is 16.7 Å². The highest BCUT2D eigenvalue weighted by Crippen LogP contribution is 2.34. The van der Waals surface area contributed by atoms with Crippen LogP contribution in [0.4, 0.5) is 0 Å². The van der Waals surface area contributed by atoms with Crippen LogP contribution in [-0.2, 0) is 10.3 Å². The van der Waals surface area contributed by atoms with Crippen LogP contribution in [0.15, 0.2) is 78.9 Å². The van der Waals surface area contributed by atoms with Crippen molar-refractivity contribution in [1.29, 1.82) is 0 Å². The fourth-order valence-corrected chi connectivity index (χ4v) is 2.93. The summed E-state index contributed by atoms with van der Waals surface area (Å²) in [5.41, 5.74) is 1.88. The van der Waals surface area contributed by atoms with Gasteiger partial charge in [-0.05, 0) is 36.4 Å². The van der Waals surface area contributed by atoms with E-state index in [9.17, 15) is 0 Å². The molecule has 3 aromatic carbocycles. The quantitative estimate of drug-likeness (QED) is 0.622. The molecule has 0 heterocycles. The molecule has 0 saturated carbocycles. The van der Waals surface area contributed by atoms with Gasteiger partial charge >= 0.3 is 0 Å². The van der Waals surface area contributed by atoms with Gasteiger partial charge in [0.1, 0.15) is 11.5 Å². The Morgan fingerprint density at radius 3 is 1.52 bits per heavy atom. The summed E-state index contributed by atoms with van der Waals surface area (Å²) in [7, 11) is 4.97. The Morgan fingerprint density at radius 2 is 1.11 bits per heavy atom. The lowest BCUT2D eigenvalue weighted by molar-refractivity contribution is 0.0742. The van der Waals surface area contributed by atoms with Crippen LogP contribution in [0.3, 0.4) is 0 Å². The Labute approximate surface area is 160 Å². The summed E-state index contributed by atoms with van der Waals surface area (Å²) in [4.78, 5) is 0. The molecule has 0 unspecified atom stereocenters. The van der Waals surface area contributed by atoms with Gasteiger partial charge in [0.05, 0.1) is 14.2 Å². The first-order chi connectivity index (χ1) is 13.2. The number of ether oxygens (including phenoxy) is 3. The summed E-state index contributed by atoms with van der Waals surface area (Å²) in [6.45, 7) is 0. The molecule has 3 nitrogen and oxygen atoms in total. The second kappa shape index (κ2) is 8.44. The molecule has 0 aliphatic rings. The number of hydrogen-bond donors (Lipinski definition) is 0. The van der Waals surface area contributed by atoms with Crippen LogP contribution in [0, 0.1) is 11.8 Å². The Kier molecular flexibility index (Phi) is 5.80. The lowest BCUT2D eigenvalue weighted by Gasteiger charge is -2.28. The zero-order valence-corrected chi connectivity index (χ0v) is 15.7. The average Bonchev–Trinajstić information content (AvgIpc) is 2.76. The molecule has 0 aliphatic heterocycles. The topological polar surface area (TPSA) is 27.7 Å². The second-order valence-corrected chi connectivity index (χ2v) is 5.96. The molecule has 0 bridgehead atoms. The van der Waals surface area contributed by atoms with Crippen LogP contribution in [0.5, 0.6) is 11.5 Å². The van der Waals surface area contributed by atoms with Crippen LogP contribution in [-0.4, -0.2) is 21.3 Å². The van der Waals surface area contributed by atoms with E-state index in [-0.39, 0.29) is 0 Å². The maximum Gasteiger partial charge on any atom is 0.179 e. The predicted octanol–water partition coefficient (Wildman–Crippen LogP) is 4.65. The molecular formula is C24H22O3. The van der Waals surface area contributed by atoms with Gasteiger partial charge in [0.2, 0.25) is 0 Å². The minimum Gasteiger partial charge on any atom is -0.497 e. The third kappa shape index (κ3) is 3.97. The molecule has 136 valence electrons. The monoisotopic (exact) mass is 358 g/mol. The fourth-order valence-electron chi connectivity index (χ4n) is 2.93. The van der Waals surface area contributed by atoms with E-state index >= 15 is 0 Å². The fraction of sp³-hybridized carbons (Fsp3) is 0.167. The maximum absolute atomic E-state index is 6.02. The summed E-state index contributed by atoms with van der Waals surface area (Å²) in [5.74, 6) is 8.18. The van der Waals surface area contributed by atoms with Crippen molar-refractivity contribution in [3.05, 3.63) is 95.6 Å². The van der Waals surface area contributed by atoms with E-state index in [1.54, 1.807) is 21.3 Å². The number of rotatable bonds is 5. The lowest BCUT2D eigenvalue weighted by atomic mass is 9.86. The van der Waals surface area contributed by atoms with E-state index in [1.807, 2.05) is 78.9 Å². The van der Waals surface area contributed by atoms with Gasteiger partial charge in [-0.3, -0.25) is 0 Å². The third-order valence-electron chi connectivity index (χ3n) is 4.46. The van der Waals surface area contributed by atoms with Gasteiger partial charge in [-0.1, -0.05) is 54.3 Å². The van der Waals surface area contributed by atoms with E-state index in [4.69, 9.17) is 14.2 Å². The SMILES string of the molecule is COc1ccc(C(C#Cc2ccccc2)(OC)c2ccc(OC)cc2)cc1. The van der Waals surface area contributed by atoms with Crippen LogP contribution in [0.2, 0.25) is 0 Å². The zero-order valence-electron chi connectivity index (χ0n) is 15.7. The van der Waals surface area contributed by atoms with Crippen molar-refractivity contribution in [3.63, 3.8) is 0 Å². The highest BCUT2D eigenvalue weighted by molar-refractivity contribution is 5.50. The lowest BCUT2D eigenvalue weighted by Crippen LogP contribution is -2.28. The molecule has 3 aromatic rings. The summed E-state index contributed by atoms with van der Waals surface area (Å²) >= 11 is 0. The normalized spacial score (nSPS) is 10.6. The third-order valence-corrected chi connectivity index (χ3v) is 4.46. The highest BCUT2D eigenvalue weighted by Gasteiger charge is 2.32.